The smallest absolute Gasteiger partial charge is 0.365 e. The minimum absolute atomic E-state index is 0.151. The van der Waals surface area contributed by atoms with Crippen LogP contribution in [-0.4, -0.2) is 21.0 Å². The Labute approximate surface area is 83.3 Å². The monoisotopic (exact) mass is 216 g/mol. The number of aliphatic carboxylic acids is 1. The van der Waals surface area contributed by atoms with Crippen LogP contribution in [0.25, 0.3) is 0 Å². The Hall–Kier alpha value is -1.69. The lowest BCUT2D eigenvalue weighted by Crippen LogP contribution is -2.02. The van der Waals surface area contributed by atoms with Gasteiger partial charge in [-0.15, -0.1) is 0 Å². The number of aromatic nitrogens is 1. The first-order valence-corrected chi connectivity index (χ1v) is 3.90. The van der Waals surface area contributed by atoms with Crippen LogP contribution in [0.1, 0.15) is 5.56 Å². The van der Waals surface area contributed by atoms with Crippen molar-refractivity contribution < 1.29 is 14.8 Å². The number of hydrogen-bond acceptors (Lipinski definition) is 4. The first-order valence-electron chi connectivity index (χ1n) is 3.52. The third-order valence-electron chi connectivity index (χ3n) is 1.44. The molecule has 1 N–H and O–H groups in total. The molecular weight excluding hydrogens is 212 g/mol. The molecule has 7 heteroatoms. The fraction of sp³-hybridized carbons (Fsp3) is 0.143. The van der Waals surface area contributed by atoms with Crippen LogP contribution in [0.15, 0.2) is 12.1 Å². The number of nitrogens with zero attached hydrogens (tertiary/aromatic N) is 2. The van der Waals surface area contributed by atoms with Crippen molar-refractivity contribution in [1.82, 2.24) is 4.98 Å². The van der Waals surface area contributed by atoms with E-state index < -0.39 is 16.7 Å². The van der Waals surface area contributed by atoms with E-state index in [0.29, 0.717) is 0 Å². The van der Waals surface area contributed by atoms with Crippen LogP contribution < -0.4 is 0 Å². The Morgan fingerprint density at radius 2 is 2.29 bits per heavy atom. The number of halogens is 1. The Morgan fingerprint density at radius 3 is 2.71 bits per heavy atom. The predicted molar refractivity (Wildman–Crippen MR) is 47.2 cm³/mol. The van der Waals surface area contributed by atoms with Crippen LogP contribution in [0.4, 0.5) is 5.82 Å². The fourth-order valence-electron chi connectivity index (χ4n) is 0.850. The van der Waals surface area contributed by atoms with Crippen molar-refractivity contribution in [2.24, 2.45) is 0 Å². The standard InChI is InChI=1S/C7H5ClN2O4/c8-7-4(3-6(11)12)1-2-5(9-7)10(13)14/h1-2H,3H2,(H,11,12). The van der Waals surface area contributed by atoms with Crippen molar-refractivity contribution in [3.05, 3.63) is 33.0 Å². The predicted octanol–water partition coefficient (Wildman–Crippen LogP) is 1.27. The Bertz CT molecular complexity index is 393. The first kappa shape index (κ1) is 10.4. The second kappa shape index (κ2) is 4.01. The van der Waals surface area contributed by atoms with Gasteiger partial charge in [-0.2, -0.15) is 0 Å². The van der Waals surface area contributed by atoms with Crippen molar-refractivity contribution in [3.8, 4) is 0 Å². The maximum atomic E-state index is 10.3. The lowest BCUT2D eigenvalue weighted by molar-refractivity contribution is -0.389. The van der Waals surface area contributed by atoms with Gasteiger partial charge in [0.2, 0.25) is 5.15 Å². The van der Waals surface area contributed by atoms with E-state index in [0.717, 1.165) is 6.07 Å². The zero-order valence-corrected chi connectivity index (χ0v) is 7.56. The molecule has 0 unspecified atom stereocenters. The summed E-state index contributed by atoms with van der Waals surface area (Å²) in [6, 6.07) is 2.39. The summed E-state index contributed by atoms with van der Waals surface area (Å²) in [6.07, 6.45) is -0.302. The maximum Gasteiger partial charge on any atom is 0.365 e. The highest BCUT2D eigenvalue weighted by Gasteiger charge is 2.15. The zero-order chi connectivity index (χ0) is 10.7. The van der Waals surface area contributed by atoms with Crippen LogP contribution >= 0.6 is 11.6 Å². The van der Waals surface area contributed by atoms with Gasteiger partial charge in [-0.25, -0.2) is 0 Å². The summed E-state index contributed by atoms with van der Waals surface area (Å²) in [7, 11) is 0. The van der Waals surface area contributed by atoms with E-state index in [9.17, 15) is 14.9 Å². The van der Waals surface area contributed by atoms with E-state index in [-0.39, 0.29) is 17.1 Å². The molecule has 0 saturated carbocycles. The van der Waals surface area contributed by atoms with Crippen LogP contribution in [-0.2, 0) is 11.2 Å². The van der Waals surface area contributed by atoms with E-state index in [2.05, 4.69) is 4.98 Å². The topological polar surface area (TPSA) is 93.3 Å². The molecule has 0 aromatic carbocycles. The molecule has 0 aliphatic carbocycles. The quantitative estimate of drug-likeness (QED) is 0.467. The minimum Gasteiger partial charge on any atom is -0.481 e. The third-order valence-corrected chi connectivity index (χ3v) is 1.77. The fourth-order valence-corrected chi connectivity index (χ4v) is 1.07. The van der Waals surface area contributed by atoms with Gasteiger partial charge in [0.25, 0.3) is 0 Å². The number of hydrogen-bond donors (Lipinski definition) is 1. The van der Waals surface area contributed by atoms with Gasteiger partial charge in [0.1, 0.15) is 0 Å². The summed E-state index contributed by atoms with van der Waals surface area (Å²) < 4.78 is 0. The van der Waals surface area contributed by atoms with Crippen LogP contribution in [0.2, 0.25) is 5.15 Å². The molecule has 0 saturated heterocycles. The number of carbonyl (C=O) groups is 1. The van der Waals surface area contributed by atoms with E-state index in [1.807, 2.05) is 0 Å². The van der Waals surface area contributed by atoms with Gasteiger partial charge in [-0.05, 0) is 27.6 Å². The van der Waals surface area contributed by atoms with E-state index in [1.54, 1.807) is 0 Å². The van der Waals surface area contributed by atoms with E-state index in [1.165, 1.54) is 6.07 Å². The molecule has 0 fully saturated rings. The largest absolute Gasteiger partial charge is 0.481 e. The highest BCUT2D eigenvalue weighted by atomic mass is 35.5. The third kappa shape index (κ3) is 2.40. The van der Waals surface area contributed by atoms with Gasteiger partial charge < -0.3 is 15.2 Å². The number of carboxylic acid groups (broad SMARTS) is 1. The summed E-state index contributed by atoms with van der Waals surface area (Å²) in [5, 5.41) is 18.6. The lowest BCUT2D eigenvalue weighted by Gasteiger charge is -1.96. The summed E-state index contributed by atoms with van der Waals surface area (Å²) in [6.45, 7) is 0. The van der Waals surface area contributed by atoms with Crippen LogP contribution in [0.5, 0.6) is 0 Å². The van der Waals surface area contributed by atoms with Crippen molar-refractivity contribution in [2.45, 2.75) is 6.42 Å². The molecule has 14 heavy (non-hydrogen) atoms. The van der Waals surface area contributed by atoms with Gasteiger partial charge >= 0.3 is 11.8 Å². The molecule has 1 aromatic rings. The van der Waals surface area contributed by atoms with E-state index in [4.69, 9.17) is 16.7 Å². The second-order valence-electron chi connectivity index (χ2n) is 2.45. The number of pyridine rings is 1. The Morgan fingerprint density at radius 1 is 1.64 bits per heavy atom. The Kier molecular flexibility index (Phi) is 2.98. The van der Waals surface area contributed by atoms with Gasteiger partial charge in [0.05, 0.1) is 6.42 Å². The maximum absolute atomic E-state index is 10.3. The van der Waals surface area contributed by atoms with Gasteiger partial charge in [0.15, 0.2) is 0 Å². The number of nitro groups is 1. The van der Waals surface area contributed by atoms with Crippen molar-refractivity contribution in [3.63, 3.8) is 0 Å². The summed E-state index contributed by atoms with van der Waals surface area (Å²) in [5.74, 6) is -1.47. The van der Waals surface area contributed by atoms with Crippen LogP contribution in [0.3, 0.4) is 0 Å². The highest BCUT2D eigenvalue weighted by molar-refractivity contribution is 6.30. The molecule has 0 atom stereocenters. The van der Waals surface area contributed by atoms with Crippen molar-refractivity contribution in [2.75, 3.05) is 0 Å². The van der Waals surface area contributed by atoms with Gasteiger partial charge in [0, 0.05) is 11.6 Å². The molecule has 0 spiro atoms. The summed E-state index contributed by atoms with van der Waals surface area (Å²) in [4.78, 5) is 23.3. The molecule has 74 valence electrons. The molecule has 0 bridgehead atoms. The highest BCUT2D eigenvalue weighted by Crippen LogP contribution is 2.18. The molecule has 0 aliphatic rings. The zero-order valence-electron chi connectivity index (χ0n) is 6.81. The second-order valence-corrected chi connectivity index (χ2v) is 2.81. The minimum atomic E-state index is -1.07. The summed E-state index contributed by atoms with van der Waals surface area (Å²) in [5.41, 5.74) is 0.254. The molecular formula is C7H5ClN2O4. The van der Waals surface area contributed by atoms with Gasteiger partial charge in [-0.3, -0.25) is 4.79 Å². The van der Waals surface area contributed by atoms with Crippen molar-refractivity contribution >= 4 is 23.4 Å². The molecule has 1 heterocycles. The van der Waals surface area contributed by atoms with Crippen molar-refractivity contribution in [1.29, 1.82) is 0 Å². The normalized spacial score (nSPS) is 9.79. The summed E-state index contributed by atoms with van der Waals surface area (Å²) >= 11 is 5.54. The molecule has 6 nitrogen and oxygen atoms in total. The average molecular weight is 217 g/mol. The average Bonchev–Trinajstić information content (AvgIpc) is 2.07. The van der Waals surface area contributed by atoms with Crippen LogP contribution in [0, 0.1) is 10.1 Å². The Balaban J connectivity index is 3.01. The molecule has 0 radical (unpaired) electrons. The van der Waals surface area contributed by atoms with E-state index >= 15 is 0 Å². The lowest BCUT2D eigenvalue weighted by atomic mass is 10.2. The number of carboxylic acids is 1. The SMILES string of the molecule is O=C(O)Cc1ccc([N+](=O)[O-])nc1Cl. The molecule has 1 rings (SSSR count). The van der Waals surface area contributed by atoms with Gasteiger partial charge in [-0.1, -0.05) is 0 Å². The molecule has 1 aromatic heterocycles. The number of rotatable bonds is 3. The molecule has 0 aliphatic heterocycles. The molecule has 0 amide bonds. The first-order chi connectivity index (χ1) is 6.50.